The Labute approximate surface area is 77.1 Å². The van der Waals surface area contributed by atoms with E-state index >= 15 is 0 Å². The smallest absolute Gasteiger partial charge is 0.213 e. The summed E-state index contributed by atoms with van der Waals surface area (Å²) in [5.41, 5.74) is 0. The molecule has 13 heavy (non-hydrogen) atoms. The average Bonchev–Trinajstić information content (AvgIpc) is 2.71. The number of hydrogen-bond acceptors (Lipinski definition) is 5. The molecule has 2 rings (SSSR count). The minimum atomic E-state index is 0.265. The summed E-state index contributed by atoms with van der Waals surface area (Å²) in [5.74, 6) is 0.780. The van der Waals surface area contributed by atoms with Crippen LogP contribution in [0.5, 0.6) is 0 Å². The van der Waals surface area contributed by atoms with E-state index in [9.17, 15) is 0 Å². The lowest BCUT2D eigenvalue weighted by molar-refractivity contribution is 0.176. The first-order chi connectivity index (χ1) is 6.38. The predicted octanol–water partition coefficient (Wildman–Crippen LogP) is 0.0358. The van der Waals surface area contributed by atoms with Crippen molar-refractivity contribution in [1.82, 2.24) is 20.4 Å². The van der Waals surface area contributed by atoms with Crippen molar-refractivity contribution in [2.75, 3.05) is 26.2 Å². The number of hydrogen-bond donors (Lipinski definition) is 1. The van der Waals surface area contributed by atoms with Crippen LogP contribution in [0.4, 0.5) is 0 Å². The maximum atomic E-state index is 4.72. The second-order valence-corrected chi connectivity index (χ2v) is 3.25. The van der Waals surface area contributed by atoms with Gasteiger partial charge in [0.05, 0.1) is 6.04 Å². The minimum absolute atomic E-state index is 0.265. The molecule has 1 aliphatic heterocycles. The van der Waals surface area contributed by atoms with Crippen LogP contribution in [0.1, 0.15) is 18.8 Å². The van der Waals surface area contributed by atoms with Crippen molar-refractivity contribution in [3.63, 3.8) is 0 Å². The van der Waals surface area contributed by atoms with Crippen molar-refractivity contribution in [2.24, 2.45) is 0 Å². The van der Waals surface area contributed by atoms with Gasteiger partial charge in [0.25, 0.3) is 0 Å². The summed E-state index contributed by atoms with van der Waals surface area (Å²) in [6.45, 7) is 6.30. The first-order valence-corrected chi connectivity index (χ1v) is 4.59. The van der Waals surface area contributed by atoms with Crippen LogP contribution in [0.3, 0.4) is 0 Å². The molecule has 0 radical (unpaired) electrons. The van der Waals surface area contributed by atoms with Gasteiger partial charge < -0.3 is 9.84 Å². The van der Waals surface area contributed by atoms with Gasteiger partial charge in [-0.05, 0) is 6.92 Å². The molecule has 2 heterocycles. The first kappa shape index (κ1) is 8.65. The summed E-state index contributed by atoms with van der Waals surface area (Å²) in [4.78, 5) is 6.40. The van der Waals surface area contributed by atoms with Gasteiger partial charge in [0, 0.05) is 26.2 Å². The van der Waals surface area contributed by atoms with Crippen molar-refractivity contribution >= 4 is 0 Å². The van der Waals surface area contributed by atoms with Gasteiger partial charge in [-0.15, -0.1) is 0 Å². The Hall–Kier alpha value is -0.940. The Morgan fingerprint density at radius 1 is 1.54 bits per heavy atom. The van der Waals surface area contributed by atoms with Crippen molar-refractivity contribution in [2.45, 2.75) is 13.0 Å². The summed E-state index contributed by atoms with van der Waals surface area (Å²) in [6.07, 6.45) is 1.38. The average molecular weight is 182 g/mol. The molecule has 1 aromatic rings. The number of piperazine rings is 1. The van der Waals surface area contributed by atoms with E-state index in [1.807, 2.05) is 0 Å². The lowest BCUT2D eigenvalue weighted by Crippen LogP contribution is -2.44. The molecule has 1 atom stereocenters. The quantitative estimate of drug-likeness (QED) is 0.699. The van der Waals surface area contributed by atoms with Crippen molar-refractivity contribution in [3.05, 3.63) is 12.2 Å². The van der Waals surface area contributed by atoms with Crippen LogP contribution >= 0.6 is 0 Å². The van der Waals surface area contributed by atoms with Gasteiger partial charge in [0.1, 0.15) is 0 Å². The Balaban J connectivity index is 1.99. The predicted molar refractivity (Wildman–Crippen MR) is 47.2 cm³/mol. The van der Waals surface area contributed by atoms with Crippen LogP contribution in [0.2, 0.25) is 0 Å². The van der Waals surface area contributed by atoms with Crippen LogP contribution in [0, 0.1) is 0 Å². The number of nitrogens with one attached hydrogen (secondary N) is 1. The molecule has 1 aromatic heterocycles. The highest BCUT2D eigenvalue weighted by Crippen LogP contribution is 2.15. The maximum absolute atomic E-state index is 4.72. The zero-order valence-corrected chi connectivity index (χ0v) is 7.73. The van der Waals surface area contributed by atoms with Crippen LogP contribution in [0.25, 0.3) is 0 Å². The van der Waals surface area contributed by atoms with Gasteiger partial charge in [-0.2, -0.15) is 4.98 Å². The summed E-state index contributed by atoms with van der Waals surface area (Å²) in [7, 11) is 0. The molecule has 1 saturated heterocycles. The van der Waals surface area contributed by atoms with Crippen LogP contribution in [0.15, 0.2) is 10.9 Å². The van der Waals surface area contributed by atoms with Gasteiger partial charge in [-0.3, -0.25) is 4.90 Å². The standard InChI is InChI=1S/C8H14N4O/c1-7(8-10-6-13-11-8)12-4-2-9-3-5-12/h6-7,9H,2-5H2,1H3. The second kappa shape index (κ2) is 3.85. The summed E-state index contributed by atoms with van der Waals surface area (Å²) in [5, 5.41) is 7.15. The molecule has 1 unspecified atom stereocenters. The molecule has 5 nitrogen and oxygen atoms in total. The molecule has 1 aliphatic rings. The zero-order chi connectivity index (χ0) is 9.10. The molecular weight excluding hydrogens is 168 g/mol. The Morgan fingerprint density at radius 2 is 2.31 bits per heavy atom. The molecular formula is C8H14N4O. The molecule has 72 valence electrons. The SMILES string of the molecule is CC(c1ncon1)N1CCNCC1. The largest absolute Gasteiger partial charge is 0.343 e. The summed E-state index contributed by atoms with van der Waals surface area (Å²) >= 11 is 0. The highest BCUT2D eigenvalue weighted by atomic mass is 16.5. The number of nitrogens with zero attached hydrogens (tertiary/aromatic N) is 3. The Bertz CT molecular complexity index is 243. The van der Waals surface area contributed by atoms with Crippen molar-refractivity contribution < 1.29 is 4.52 Å². The van der Waals surface area contributed by atoms with E-state index in [1.165, 1.54) is 6.39 Å². The zero-order valence-electron chi connectivity index (χ0n) is 7.73. The first-order valence-electron chi connectivity index (χ1n) is 4.59. The van der Waals surface area contributed by atoms with Crippen molar-refractivity contribution in [3.8, 4) is 0 Å². The third-order valence-corrected chi connectivity index (χ3v) is 2.45. The van der Waals surface area contributed by atoms with Crippen molar-refractivity contribution in [1.29, 1.82) is 0 Å². The third-order valence-electron chi connectivity index (χ3n) is 2.45. The molecule has 0 bridgehead atoms. The van der Waals surface area contributed by atoms with E-state index in [0.29, 0.717) is 0 Å². The van der Waals surface area contributed by atoms with Gasteiger partial charge in [0.15, 0.2) is 5.82 Å². The topological polar surface area (TPSA) is 54.2 Å². The van der Waals surface area contributed by atoms with E-state index in [4.69, 9.17) is 4.52 Å². The molecule has 0 aromatic carbocycles. The molecule has 1 fully saturated rings. The summed E-state index contributed by atoms with van der Waals surface area (Å²) < 4.78 is 4.72. The van der Waals surface area contributed by atoms with Gasteiger partial charge in [-0.1, -0.05) is 5.16 Å². The summed E-state index contributed by atoms with van der Waals surface area (Å²) in [6, 6.07) is 0.265. The highest BCUT2D eigenvalue weighted by Gasteiger charge is 2.20. The fourth-order valence-corrected chi connectivity index (χ4v) is 1.60. The molecule has 0 saturated carbocycles. The van der Waals surface area contributed by atoms with E-state index < -0.39 is 0 Å². The van der Waals surface area contributed by atoms with Gasteiger partial charge in [0.2, 0.25) is 6.39 Å². The highest BCUT2D eigenvalue weighted by molar-refractivity contribution is 4.90. The fraction of sp³-hybridized carbons (Fsp3) is 0.750. The maximum Gasteiger partial charge on any atom is 0.213 e. The van der Waals surface area contributed by atoms with Gasteiger partial charge in [-0.25, -0.2) is 0 Å². The second-order valence-electron chi connectivity index (χ2n) is 3.25. The molecule has 1 N–H and O–H groups in total. The lowest BCUT2D eigenvalue weighted by atomic mass is 10.2. The minimum Gasteiger partial charge on any atom is -0.343 e. The third kappa shape index (κ3) is 1.87. The van der Waals surface area contributed by atoms with Crippen LogP contribution in [-0.2, 0) is 0 Å². The normalized spacial score (nSPS) is 21.6. The van der Waals surface area contributed by atoms with E-state index in [1.54, 1.807) is 0 Å². The molecule has 0 spiro atoms. The van der Waals surface area contributed by atoms with Gasteiger partial charge >= 0.3 is 0 Å². The molecule has 0 amide bonds. The lowest BCUT2D eigenvalue weighted by Gasteiger charge is -2.30. The number of aromatic nitrogens is 2. The fourth-order valence-electron chi connectivity index (χ4n) is 1.60. The van der Waals surface area contributed by atoms with Crippen LogP contribution in [-0.4, -0.2) is 41.2 Å². The Morgan fingerprint density at radius 3 is 2.92 bits per heavy atom. The van der Waals surface area contributed by atoms with E-state index in [2.05, 4.69) is 27.3 Å². The van der Waals surface area contributed by atoms with E-state index in [0.717, 1.165) is 32.0 Å². The monoisotopic (exact) mass is 182 g/mol. The van der Waals surface area contributed by atoms with E-state index in [-0.39, 0.29) is 6.04 Å². The molecule has 0 aliphatic carbocycles. The number of rotatable bonds is 2. The molecule has 5 heteroatoms. The van der Waals surface area contributed by atoms with Crippen LogP contribution < -0.4 is 5.32 Å². The Kier molecular flexibility index (Phi) is 2.56.